The van der Waals surface area contributed by atoms with Gasteiger partial charge in [-0.3, -0.25) is 4.18 Å². The summed E-state index contributed by atoms with van der Waals surface area (Å²) in [6.45, 7) is 5.14. The molecule has 2 atom stereocenters. The Bertz CT molecular complexity index is 504. The van der Waals surface area contributed by atoms with Crippen molar-refractivity contribution in [1.82, 2.24) is 0 Å². The van der Waals surface area contributed by atoms with Crippen molar-refractivity contribution in [2.45, 2.75) is 44.7 Å². The monoisotopic (exact) mass is 284 g/mol. The maximum atomic E-state index is 12.5. The Hall–Kier alpha value is -0.560. The van der Waals surface area contributed by atoms with Crippen LogP contribution in [0, 0.1) is 11.3 Å². The molecule has 0 amide bonds. The van der Waals surface area contributed by atoms with Gasteiger partial charge in [0, 0.05) is 5.41 Å². The van der Waals surface area contributed by atoms with Crippen molar-refractivity contribution in [1.29, 1.82) is 0 Å². The second-order valence-electron chi connectivity index (χ2n) is 5.53. The number of fused-ring (bicyclic) bond motifs is 2. The third-order valence-corrected chi connectivity index (χ3v) is 5.47. The molecule has 2 aliphatic carbocycles. The summed E-state index contributed by atoms with van der Waals surface area (Å²) in [7, 11) is -5.57. The third kappa shape index (κ3) is 1.56. The summed E-state index contributed by atoms with van der Waals surface area (Å²) in [6, 6.07) is 0. The number of hydrogen-bond donors (Lipinski definition) is 0. The molecule has 0 aromatic carbocycles. The Morgan fingerprint density at radius 2 is 1.94 bits per heavy atom. The zero-order valence-electron chi connectivity index (χ0n) is 10.3. The second-order valence-corrected chi connectivity index (χ2v) is 7.06. The Balaban J connectivity index is 2.43. The minimum atomic E-state index is -5.57. The van der Waals surface area contributed by atoms with E-state index >= 15 is 0 Å². The highest BCUT2D eigenvalue weighted by molar-refractivity contribution is 7.87. The van der Waals surface area contributed by atoms with Crippen LogP contribution in [0.1, 0.15) is 33.6 Å². The lowest BCUT2D eigenvalue weighted by Gasteiger charge is -2.38. The molecular weight excluding hydrogens is 269 g/mol. The van der Waals surface area contributed by atoms with Crippen LogP contribution in [0.3, 0.4) is 0 Å². The fourth-order valence-corrected chi connectivity index (χ4v) is 4.12. The van der Waals surface area contributed by atoms with Crippen LogP contribution in [0.2, 0.25) is 0 Å². The van der Waals surface area contributed by atoms with Gasteiger partial charge in [-0.05, 0) is 31.3 Å². The summed E-state index contributed by atoms with van der Waals surface area (Å²) in [5.74, 6) is 0.0703. The van der Waals surface area contributed by atoms with Gasteiger partial charge < -0.3 is 0 Å². The maximum Gasteiger partial charge on any atom is 0.523 e. The molecule has 0 spiro atoms. The zero-order chi connectivity index (χ0) is 14.0. The van der Waals surface area contributed by atoms with Crippen molar-refractivity contribution in [2.75, 3.05) is 0 Å². The third-order valence-electron chi connectivity index (χ3n) is 4.40. The number of hydrogen-bond acceptors (Lipinski definition) is 3. The van der Waals surface area contributed by atoms with Crippen LogP contribution >= 0.6 is 0 Å². The highest BCUT2D eigenvalue weighted by Gasteiger charge is 2.64. The van der Waals surface area contributed by atoms with E-state index in [2.05, 4.69) is 4.18 Å². The second kappa shape index (κ2) is 3.50. The molecule has 1 saturated carbocycles. The minimum Gasteiger partial charge on any atom is -0.251 e. The van der Waals surface area contributed by atoms with Gasteiger partial charge in [-0.25, -0.2) is 0 Å². The van der Waals surface area contributed by atoms with Crippen LogP contribution in [0.15, 0.2) is 11.6 Å². The number of allylic oxidation sites excluding steroid dienone is 1. The standard InChI is InChI=1S/C11H15F3O3S/c1-7-6-8-4-5-10(7,9(8,2)3)17-18(15,16)11(12,13)14/h6,8H,4-5H2,1-3H3/t8-,10-/m0/s1. The fraction of sp³-hybridized carbons (Fsp3) is 0.818. The molecule has 0 aromatic heterocycles. The largest absolute Gasteiger partial charge is 0.523 e. The first-order valence-corrected chi connectivity index (χ1v) is 7.06. The SMILES string of the molecule is CC1=C[C@@H]2CC[C@@]1(OS(=O)(=O)C(F)(F)F)C2(C)C. The molecule has 2 bridgehead atoms. The van der Waals surface area contributed by atoms with Gasteiger partial charge in [0.25, 0.3) is 0 Å². The van der Waals surface area contributed by atoms with E-state index < -0.39 is 26.6 Å². The lowest BCUT2D eigenvalue weighted by molar-refractivity contribution is -0.0709. The lowest BCUT2D eigenvalue weighted by Crippen LogP contribution is -2.46. The molecule has 7 heteroatoms. The maximum absolute atomic E-state index is 12.5. The van der Waals surface area contributed by atoms with Crippen molar-refractivity contribution in [3.05, 3.63) is 11.6 Å². The number of rotatable bonds is 2. The van der Waals surface area contributed by atoms with E-state index in [9.17, 15) is 21.6 Å². The van der Waals surface area contributed by atoms with E-state index in [4.69, 9.17) is 0 Å². The van der Waals surface area contributed by atoms with Crippen molar-refractivity contribution < 1.29 is 25.8 Å². The molecule has 2 aliphatic rings. The molecule has 2 rings (SSSR count). The van der Waals surface area contributed by atoms with Crippen molar-refractivity contribution in [2.24, 2.45) is 11.3 Å². The summed E-state index contributed by atoms with van der Waals surface area (Å²) in [6.07, 6.45) is 2.79. The lowest BCUT2D eigenvalue weighted by atomic mass is 9.76. The highest BCUT2D eigenvalue weighted by Crippen LogP contribution is 2.62. The van der Waals surface area contributed by atoms with Crippen LogP contribution in [-0.4, -0.2) is 19.5 Å². The van der Waals surface area contributed by atoms with Gasteiger partial charge in [0.1, 0.15) is 5.60 Å². The fourth-order valence-electron chi connectivity index (χ4n) is 3.22. The Morgan fingerprint density at radius 1 is 1.39 bits per heavy atom. The smallest absolute Gasteiger partial charge is 0.251 e. The molecule has 0 radical (unpaired) electrons. The molecule has 0 heterocycles. The van der Waals surface area contributed by atoms with Crippen LogP contribution in [0.4, 0.5) is 13.2 Å². The predicted molar refractivity (Wildman–Crippen MR) is 59.1 cm³/mol. The van der Waals surface area contributed by atoms with E-state index in [1.165, 1.54) is 0 Å². The molecule has 3 nitrogen and oxygen atoms in total. The predicted octanol–water partition coefficient (Wildman–Crippen LogP) is 2.99. The van der Waals surface area contributed by atoms with Gasteiger partial charge in [-0.1, -0.05) is 19.9 Å². The van der Waals surface area contributed by atoms with E-state index in [-0.39, 0.29) is 5.92 Å². The average Bonchev–Trinajstić information content (AvgIpc) is 2.48. The van der Waals surface area contributed by atoms with E-state index in [0.717, 1.165) is 0 Å². The van der Waals surface area contributed by atoms with Gasteiger partial charge in [-0.15, -0.1) is 0 Å². The van der Waals surface area contributed by atoms with Crippen LogP contribution < -0.4 is 0 Å². The average molecular weight is 284 g/mol. The summed E-state index contributed by atoms with van der Waals surface area (Å²) in [5.41, 5.74) is -6.77. The van der Waals surface area contributed by atoms with Crippen LogP contribution in [0.5, 0.6) is 0 Å². The Labute approximate surface area is 104 Å². The highest BCUT2D eigenvalue weighted by atomic mass is 32.2. The normalized spacial score (nSPS) is 34.8. The number of halogens is 3. The molecule has 0 N–H and O–H groups in total. The molecule has 0 aliphatic heterocycles. The molecule has 0 saturated heterocycles. The van der Waals surface area contributed by atoms with Crippen molar-refractivity contribution in [3.63, 3.8) is 0 Å². The van der Waals surface area contributed by atoms with E-state index in [1.54, 1.807) is 20.8 Å². The van der Waals surface area contributed by atoms with E-state index in [0.29, 0.717) is 18.4 Å². The quantitative estimate of drug-likeness (QED) is 0.445. The summed E-state index contributed by atoms with van der Waals surface area (Å²) in [4.78, 5) is 0. The summed E-state index contributed by atoms with van der Waals surface area (Å²) < 4.78 is 64.5. The molecule has 104 valence electrons. The summed E-state index contributed by atoms with van der Waals surface area (Å²) >= 11 is 0. The first-order chi connectivity index (χ1) is 7.94. The Morgan fingerprint density at radius 3 is 2.28 bits per heavy atom. The van der Waals surface area contributed by atoms with Gasteiger partial charge in [-0.2, -0.15) is 21.6 Å². The number of alkyl halides is 3. The minimum absolute atomic E-state index is 0.0703. The first-order valence-electron chi connectivity index (χ1n) is 5.65. The zero-order valence-corrected chi connectivity index (χ0v) is 11.2. The molecule has 18 heavy (non-hydrogen) atoms. The Kier molecular flexibility index (Phi) is 2.70. The van der Waals surface area contributed by atoms with E-state index in [1.807, 2.05) is 6.08 Å². The first kappa shape index (κ1) is 13.9. The summed E-state index contributed by atoms with van der Waals surface area (Å²) in [5, 5.41) is 0. The molecule has 0 unspecified atom stereocenters. The van der Waals surface area contributed by atoms with Gasteiger partial charge in [0.15, 0.2) is 0 Å². The van der Waals surface area contributed by atoms with Gasteiger partial charge >= 0.3 is 15.6 Å². The van der Waals surface area contributed by atoms with Crippen LogP contribution in [-0.2, 0) is 14.3 Å². The molecule has 1 fully saturated rings. The van der Waals surface area contributed by atoms with Gasteiger partial charge in [0.05, 0.1) is 0 Å². The topological polar surface area (TPSA) is 43.4 Å². The molecular formula is C11H15F3O3S. The van der Waals surface area contributed by atoms with Gasteiger partial charge in [0.2, 0.25) is 0 Å². The van der Waals surface area contributed by atoms with Crippen molar-refractivity contribution in [3.8, 4) is 0 Å². The molecule has 0 aromatic rings. The van der Waals surface area contributed by atoms with Crippen molar-refractivity contribution >= 4 is 10.1 Å². The van der Waals surface area contributed by atoms with Crippen LogP contribution in [0.25, 0.3) is 0 Å².